The van der Waals surface area contributed by atoms with Crippen LogP contribution in [0.4, 0.5) is 5.69 Å². The Morgan fingerprint density at radius 1 is 1.35 bits per heavy atom. The fraction of sp³-hybridized carbons (Fsp3) is 0.538. The van der Waals surface area contributed by atoms with E-state index < -0.39 is 0 Å². The third kappa shape index (κ3) is 4.34. The fourth-order valence-electron chi connectivity index (χ4n) is 1.76. The van der Waals surface area contributed by atoms with Crippen LogP contribution in [0.15, 0.2) is 18.2 Å². The summed E-state index contributed by atoms with van der Waals surface area (Å²) < 4.78 is 5.25. The van der Waals surface area contributed by atoms with Crippen molar-refractivity contribution < 1.29 is 9.84 Å². The summed E-state index contributed by atoms with van der Waals surface area (Å²) in [6, 6.07) is 6.25. The van der Waals surface area contributed by atoms with Gasteiger partial charge in [0.2, 0.25) is 0 Å². The smallest absolute Gasteiger partial charge is 0.0698 e. The largest absolute Gasteiger partial charge is 0.394 e. The predicted molar refractivity (Wildman–Crippen MR) is 70.2 cm³/mol. The Morgan fingerprint density at radius 2 is 2.12 bits per heavy atom. The van der Waals surface area contributed by atoms with Crippen molar-refractivity contribution in [3.63, 3.8) is 0 Å². The van der Waals surface area contributed by atoms with E-state index in [9.17, 15) is 0 Å². The molecule has 1 aromatic rings. The van der Waals surface area contributed by atoms with E-state index in [2.05, 4.69) is 24.0 Å². The molecule has 0 fully saturated rings. The standard InChI is InChI=1S/C13H22N2O2/c1-11-9-12(10-14)3-4-13(11)15(2)5-7-17-8-6-16/h3-4,9,16H,5-8,10,14H2,1-2H3. The molecule has 4 nitrogen and oxygen atoms in total. The second-order valence-corrected chi connectivity index (χ2v) is 4.08. The van der Waals surface area contributed by atoms with Crippen LogP contribution < -0.4 is 10.6 Å². The molecular weight excluding hydrogens is 216 g/mol. The summed E-state index contributed by atoms with van der Waals surface area (Å²) in [6.45, 7) is 4.56. The van der Waals surface area contributed by atoms with Crippen molar-refractivity contribution in [2.24, 2.45) is 5.73 Å². The van der Waals surface area contributed by atoms with Crippen LogP contribution in [0.1, 0.15) is 11.1 Å². The summed E-state index contributed by atoms with van der Waals surface area (Å²) in [4.78, 5) is 2.15. The summed E-state index contributed by atoms with van der Waals surface area (Å²) >= 11 is 0. The molecule has 3 N–H and O–H groups in total. The molecule has 0 heterocycles. The Labute approximate surface area is 103 Å². The molecule has 0 atom stereocenters. The van der Waals surface area contributed by atoms with Gasteiger partial charge in [-0.1, -0.05) is 12.1 Å². The minimum Gasteiger partial charge on any atom is -0.394 e. The molecule has 0 unspecified atom stereocenters. The molecule has 0 radical (unpaired) electrons. The second kappa shape index (κ2) is 7.27. The van der Waals surface area contributed by atoms with Crippen molar-refractivity contribution in [2.75, 3.05) is 38.3 Å². The van der Waals surface area contributed by atoms with Crippen molar-refractivity contribution in [3.8, 4) is 0 Å². The van der Waals surface area contributed by atoms with E-state index in [1.807, 2.05) is 13.1 Å². The van der Waals surface area contributed by atoms with Gasteiger partial charge in [0.15, 0.2) is 0 Å². The van der Waals surface area contributed by atoms with Crippen molar-refractivity contribution in [1.82, 2.24) is 0 Å². The SMILES string of the molecule is Cc1cc(CN)ccc1N(C)CCOCCO. The van der Waals surface area contributed by atoms with Crippen LogP contribution in [-0.2, 0) is 11.3 Å². The molecule has 4 heteroatoms. The molecule has 0 aliphatic heterocycles. The number of nitrogens with two attached hydrogens (primary N) is 1. The summed E-state index contributed by atoms with van der Waals surface area (Å²) in [7, 11) is 2.03. The number of likely N-dealkylation sites (N-methyl/N-ethyl adjacent to an activating group) is 1. The van der Waals surface area contributed by atoms with Crippen LogP contribution in [0.5, 0.6) is 0 Å². The first-order chi connectivity index (χ1) is 8.19. The third-order valence-corrected chi connectivity index (χ3v) is 2.71. The Hall–Kier alpha value is -1.10. The minimum absolute atomic E-state index is 0.0773. The molecule has 0 saturated heterocycles. The third-order valence-electron chi connectivity index (χ3n) is 2.71. The van der Waals surface area contributed by atoms with E-state index in [1.54, 1.807) is 0 Å². The van der Waals surface area contributed by atoms with E-state index in [1.165, 1.54) is 11.3 Å². The Kier molecular flexibility index (Phi) is 5.97. The van der Waals surface area contributed by atoms with E-state index in [-0.39, 0.29) is 6.61 Å². The fourth-order valence-corrected chi connectivity index (χ4v) is 1.76. The van der Waals surface area contributed by atoms with Crippen molar-refractivity contribution in [1.29, 1.82) is 0 Å². The summed E-state index contributed by atoms with van der Waals surface area (Å²) in [5.41, 5.74) is 9.16. The number of benzene rings is 1. The van der Waals surface area contributed by atoms with Gasteiger partial charge in [0, 0.05) is 25.8 Å². The van der Waals surface area contributed by atoms with Gasteiger partial charge in [0.05, 0.1) is 19.8 Å². The zero-order chi connectivity index (χ0) is 12.7. The zero-order valence-corrected chi connectivity index (χ0v) is 10.6. The molecule has 0 saturated carbocycles. The molecule has 1 aromatic carbocycles. The highest BCUT2D eigenvalue weighted by Crippen LogP contribution is 2.19. The van der Waals surface area contributed by atoms with Crippen LogP contribution in [0.25, 0.3) is 0 Å². The lowest BCUT2D eigenvalue weighted by Crippen LogP contribution is -2.23. The normalized spacial score (nSPS) is 10.6. The Bertz CT molecular complexity index is 342. The van der Waals surface area contributed by atoms with Crippen LogP contribution >= 0.6 is 0 Å². The lowest BCUT2D eigenvalue weighted by molar-refractivity contribution is 0.0971. The number of anilines is 1. The number of nitrogens with zero attached hydrogens (tertiary/aromatic N) is 1. The zero-order valence-electron chi connectivity index (χ0n) is 10.6. The topological polar surface area (TPSA) is 58.7 Å². The molecule has 96 valence electrons. The molecule has 17 heavy (non-hydrogen) atoms. The van der Waals surface area contributed by atoms with Gasteiger partial charge in [-0.25, -0.2) is 0 Å². The monoisotopic (exact) mass is 238 g/mol. The van der Waals surface area contributed by atoms with Crippen molar-refractivity contribution in [3.05, 3.63) is 29.3 Å². The highest BCUT2D eigenvalue weighted by atomic mass is 16.5. The van der Waals surface area contributed by atoms with E-state index in [4.69, 9.17) is 15.6 Å². The molecule has 1 rings (SSSR count). The molecule has 0 spiro atoms. The summed E-state index contributed by atoms with van der Waals surface area (Å²) in [5.74, 6) is 0. The quantitative estimate of drug-likeness (QED) is 0.693. The first-order valence-electron chi connectivity index (χ1n) is 5.88. The van der Waals surface area contributed by atoms with E-state index >= 15 is 0 Å². The highest BCUT2D eigenvalue weighted by Gasteiger charge is 2.04. The van der Waals surface area contributed by atoms with Crippen LogP contribution in [0.2, 0.25) is 0 Å². The summed E-state index contributed by atoms with van der Waals surface area (Å²) in [6.07, 6.45) is 0. The van der Waals surface area contributed by atoms with Crippen LogP contribution in [-0.4, -0.2) is 38.5 Å². The number of hydrogen-bond donors (Lipinski definition) is 2. The highest BCUT2D eigenvalue weighted by molar-refractivity contribution is 5.53. The molecule has 0 aliphatic carbocycles. The number of rotatable bonds is 7. The number of aliphatic hydroxyl groups is 1. The van der Waals surface area contributed by atoms with Gasteiger partial charge in [0.1, 0.15) is 0 Å². The maximum Gasteiger partial charge on any atom is 0.0698 e. The van der Waals surface area contributed by atoms with Gasteiger partial charge in [-0.3, -0.25) is 0 Å². The first-order valence-corrected chi connectivity index (χ1v) is 5.88. The second-order valence-electron chi connectivity index (χ2n) is 4.08. The Balaban J connectivity index is 2.53. The van der Waals surface area contributed by atoms with Gasteiger partial charge in [-0.2, -0.15) is 0 Å². The number of hydrogen-bond acceptors (Lipinski definition) is 4. The maximum atomic E-state index is 8.60. The number of aliphatic hydroxyl groups excluding tert-OH is 1. The van der Waals surface area contributed by atoms with E-state index in [0.717, 1.165) is 12.1 Å². The van der Waals surface area contributed by atoms with E-state index in [0.29, 0.717) is 19.8 Å². The molecule has 0 amide bonds. The van der Waals surface area contributed by atoms with Gasteiger partial charge in [-0.05, 0) is 24.1 Å². The van der Waals surface area contributed by atoms with Gasteiger partial charge >= 0.3 is 0 Å². The molecular formula is C13H22N2O2. The average Bonchev–Trinajstić information content (AvgIpc) is 2.34. The lowest BCUT2D eigenvalue weighted by Gasteiger charge is -2.21. The molecule has 0 aliphatic rings. The summed E-state index contributed by atoms with van der Waals surface area (Å²) in [5, 5.41) is 8.60. The maximum absolute atomic E-state index is 8.60. The number of ether oxygens (including phenoxy) is 1. The minimum atomic E-state index is 0.0773. The van der Waals surface area contributed by atoms with Crippen LogP contribution in [0.3, 0.4) is 0 Å². The first kappa shape index (κ1) is 14.0. The van der Waals surface area contributed by atoms with Crippen LogP contribution in [0, 0.1) is 6.92 Å². The lowest BCUT2D eigenvalue weighted by atomic mass is 10.1. The molecule has 0 aromatic heterocycles. The predicted octanol–water partition coefficient (Wildman–Crippen LogP) is 0.899. The molecule has 0 bridgehead atoms. The average molecular weight is 238 g/mol. The van der Waals surface area contributed by atoms with Gasteiger partial charge in [0.25, 0.3) is 0 Å². The van der Waals surface area contributed by atoms with Gasteiger partial charge < -0.3 is 20.5 Å². The number of aryl methyl sites for hydroxylation is 1. The Morgan fingerprint density at radius 3 is 2.71 bits per heavy atom. The van der Waals surface area contributed by atoms with Crippen molar-refractivity contribution >= 4 is 5.69 Å². The van der Waals surface area contributed by atoms with Gasteiger partial charge in [-0.15, -0.1) is 0 Å². The van der Waals surface area contributed by atoms with Crippen molar-refractivity contribution in [2.45, 2.75) is 13.5 Å².